The van der Waals surface area contributed by atoms with Gasteiger partial charge in [0.1, 0.15) is 6.07 Å². The van der Waals surface area contributed by atoms with Gasteiger partial charge >= 0.3 is 5.97 Å². The highest BCUT2D eigenvalue weighted by Crippen LogP contribution is 2.06. The zero-order chi connectivity index (χ0) is 10.4. The quantitative estimate of drug-likeness (QED) is 0.652. The second-order valence-corrected chi connectivity index (χ2v) is 2.36. The fourth-order valence-corrected chi connectivity index (χ4v) is 0.724. The number of methoxy groups -OCH3 is 1. The number of hydrogen-bond acceptors (Lipinski definition) is 5. The molecule has 5 heteroatoms. The molecule has 0 N–H and O–H groups in total. The standard InChI is InChI=1S/C9H8N2O3/c1-13-9(12)6-14-8-3-2-7(4-10)5-11-8/h2-3,5H,6H2,1H3. The molecule has 0 fully saturated rings. The molecule has 1 heterocycles. The van der Waals surface area contributed by atoms with E-state index in [0.717, 1.165) is 0 Å². The highest BCUT2D eigenvalue weighted by Gasteiger charge is 2.02. The zero-order valence-electron chi connectivity index (χ0n) is 7.56. The van der Waals surface area contributed by atoms with Gasteiger partial charge < -0.3 is 9.47 Å². The average Bonchev–Trinajstić information content (AvgIpc) is 2.26. The van der Waals surface area contributed by atoms with Crippen LogP contribution in [-0.4, -0.2) is 24.7 Å². The van der Waals surface area contributed by atoms with E-state index in [-0.39, 0.29) is 12.5 Å². The number of carbonyl (C=O) groups excluding carboxylic acids is 1. The number of nitriles is 1. The van der Waals surface area contributed by atoms with E-state index in [1.807, 2.05) is 6.07 Å². The van der Waals surface area contributed by atoms with Gasteiger partial charge in [0, 0.05) is 12.3 Å². The van der Waals surface area contributed by atoms with Gasteiger partial charge in [-0.3, -0.25) is 0 Å². The second kappa shape index (κ2) is 4.82. The summed E-state index contributed by atoms with van der Waals surface area (Å²) in [6.07, 6.45) is 1.37. The van der Waals surface area contributed by atoms with Gasteiger partial charge in [0.05, 0.1) is 12.7 Å². The molecule has 0 spiro atoms. The molecule has 0 aliphatic carbocycles. The fourth-order valence-electron chi connectivity index (χ4n) is 0.724. The van der Waals surface area contributed by atoms with Crippen molar-refractivity contribution < 1.29 is 14.3 Å². The van der Waals surface area contributed by atoms with Crippen LogP contribution in [0.15, 0.2) is 18.3 Å². The van der Waals surface area contributed by atoms with Crippen LogP contribution >= 0.6 is 0 Å². The molecule has 14 heavy (non-hydrogen) atoms. The Bertz CT molecular complexity index is 353. The number of nitrogens with zero attached hydrogens (tertiary/aromatic N) is 2. The third-order valence-corrected chi connectivity index (χ3v) is 1.43. The highest BCUT2D eigenvalue weighted by molar-refractivity contribution is 5.70. The van der Waals surface area contributed by atoms with E-state index in [2.05, 4.69) is 9.72 Å². The summed E-state index contributed by atoms with van der Waals surface area (Å²) in [5.74, 6) is -0.189. The Morgan fingerprint density at radius 2 is 2.43 bits per heavy atom. The van der Waals surface area contributed by atoms with Crippen molar-refractivity contribution in [2.45, 2.75) is 0 Å². The molecule has 0 amide bonds. The molecule has 0 saturated heterocycles. The Balaban J connectivity index is 2.53. The first kappa shape index (κ1) is 9.99. The molecule has 5 nitrogen and oxygen atoms in total. The SMILES string of the molecule is COC(=O)COc1ccc(C#N)cn1. The summed E-state index contributed by atoms with van der Waals surface area (Å²) in [6.45, 7) is -0.185. The third kappa shape index (κ3) is 2.75. The van der Waals surface area contributed by atoms with Crippen molar-refractivity contribution in [3.8, 4) is 11.9 Å². The Morgan fingerprint density at radius 3 is 2.93 bits per heavy atom. The minimum Gasteiger partial charge on any atom is -0.466 e. The van der Waals surface area contributed by atoms with Crippen molar-refractivity contribution in [3.63, 3.8) is 0 Å². The number of hydrogen-bond donors (Lipinski definition) is 0. The van der Waals surface area contributed by atoms with Crippen molar-refractivity contribution in [2.24, 2.45) is 0 Å². The van der Waals surface area contributed by atoms with Crippen LogP contribution in [0.4, 0.5) is 0 Å². The number of ether oxygens (including phenoxy) is 2. The van der Waals surface area contributed by atoms with E-state index >= 15 is 0 Å². The number of carbonyl (C=O) groups is 1. The van der Waals surface area contributed by atoms with Gasteiger partial charge in [-0.25, -0.2) is 9.78 Å². The van der Waals surface area contributed by atoms with Gasteiger partial charge in [0.2, 0.25) is 5.88 Å². The Hall–Kier alpha value is -2.09. The Kier molecular flexibility index (Phi) is 3.44. The topological polar surface area (TPSA) is 72.2 Å². The van der Waals surface area contributed by atoms with Crippen molar-refractivity contribution in [2.75, 3.05) is 13.7 Å². The molecule has 0 atom stereocenters. The molecule has 0 bridgehead atoms. The summed E-state index contributed by atoms with van der Waals surface area (Å²) in [4.78, 5) is 14.5. The van der Waals surface area contributed by atoms with E-state index < -0.39 is 5.97 Å². The molecular weight excluding hydrogens is 184 g/mol. The summed E-state index contributed by atoms with van der Waals surface area (Å²) >= 11 is 0. The van der Waals surface area contributed by atoms with Gasteiger partial charge in [0.15, 0.2) is 6.61 Å². The lowest BCUT2D eigenvalue weighted by Gasteiger charge is -2.02. The summed E-state index contributed by atoms with van der Waals surface area (Å²) in [7, 11) is 1.28. The maximum absolute atomic E-state index is 10.7. The Morgan fingerprint density at radius 1 is 1.64 bits per heavy atom. The van der Waals surface area contributed by atoms with Crippen LogP contribution in [0.3, 0.4) is 0 Å². The van der Waals surface area contributed by atoms with Crippen molar-refractivity contribution in [3.05, 3.63) is 23.9 Å². The first-order valence-corrected chi connectivity index (χ1v) is 3.82. The predicted molar refractivity (Wildman–Crippen MR) is 46.5 cm³/mol. The van der Waals surface area contributed by atoms with Crippen molar-refractivity contribution in [1.82, 2.24) is 4.98 Å². The molecule has 0 saturated carbocycles. The molecule has 72 valence electrons. The number of esters is 1. The monoisotopic (exact) mass is 192 g/mol. The normalized spacial score (nSPS) is 8.86. The molecule has 1 aromatic rings. The van der Waals surface area contributed by atoms with Crippen LogP contribution in [0.25, 0.3) is 0 Å². The Labute approximate surface area is 80.9 Å². The maximum Gasteiger partial charge on any atom is 0.343 e. The predicted octanol–water partition coefficient (Wildman–Crippen LogP) is 0.505. The number of pyridine rings is 1. The van der Waals surface area contributed by atoms with Crippen LogP contribution in [0, 0.1) is 11.3 Å². The van der Waals surface area contributed by atoms with Crippen LogP contribution in [0.1, 0.15) is 5.56 Å². The van der Waals surface area contributed by atoms with Crippen LogP contribution in [0.5, 0.6) is 5.88 Å². The van der Waals surface area contributed by atoms with E-state index in [4.69, 9.17) is 10.00 Å². The van der Waals surface area contributed by atoms with E-state index in [9.17, 15) is 4.79 Å². The minimum atomic E-state index is -0.476. The smallest absolute Gasteiger partial charge is 0.343 e. The van der Waals surface area contributed by atoms with Gasteiger partial charge in [-0.2, -0.15) is 5.26 Å². The summed E-state index contributed by atoms with van der Waals surface area (Å²) in [6, 6.07) is 4.99. The first-order chi connectivity index (χ1) is 6.76. The second-order valence-electron chi connectivity index (χ2n) is 2.36. The summed E-state index contributed by atoms with van der Waals surface area (Å²) in [5, 5.41) is 8.48. The lowest BCUT2D eigenvalue weighted by molar-refractivity contribution is -0.143. The average molecular weight is 192 g/mol. The zero-order valence-corrected chi connectivity index (χ0v) is 7.56. The van der Waals surface area contributed by atoms with E-state index in [1.54, 1.807) is 6.07 Å². The molecule has 1 rings (SSSR count). The van der Waals surface area contributed by atoms with Crippen molar-refractivity contribution >= 4 is 5.97 Å². The van der Waals surface area contributed by atoms with E-state index in [0.29, 0.717) is 5.56 Å². The maximum atomic E-state index is 10.7. The van der Waals surface area contributed by atoms with Gasteiger partial charge in [0.25, 0.3) is 0 Å². The molecule has 0 aliphatic heterocycles. The van der Waals surface area contributed by atoms with Gasteiger partial charge in [-0.1, -0.05) is 0 Å². The minimum absolute atomic E-state index is 0.185. The first-order valence-electron chi connectivity index (χ1n) is 3.82. The highest BCUT2D eigenvalue weighted by atomic mass is 16.6. The molecule has 1 aromatic heterocycles. The molecule has 0 aromatic carbocycles. The number of rotatable bonds is 3. The third-order valence-electron chi connectivity index (χ3n) is 1.43. The van der Waals surface area contributed by atoms with Gasteiger partial charge in [-0.05, 0) is 6.07 Å². The molecular formula is C9H8N2O3. The molecule has 0 radical (unpaired) electrons. The van der Waals surface area contributed by atoms with Gasteiger partial charge in [-0.15, -0.1) is 0 Å². The van der Waals surface area contributed by atoms with Crippen LogP contribution in [-0.2, 0) is 9.53 Å². The van der Waals surface area contributed by atoms with E-state index in [1.165, 1.54) is 19.4 Å². The molecule has 0 aliphatic rings. The lowest BCUT2D eigenvalue weighted by Crippen LogP contribution is -2.13. The van der Waals surface area contributed by atoms with Crippen molar-refractivity contribution in [1.29, 1.82) is 5.26 Å². The van der Waals surface area contributed by atoms with Crippen LogP contribution < -0.4 is 4.74 Å². The largest absolute Gasteiger partial charge is 0.466 e. The molecule has 0 unspecified atom stereocenters. The fraction of sp³-hybridized carbons (Fsp3) is 0.222. The number of aromatic nitrogens is 1. The van der Waals surface area contributed by atoms with Crippen LogP contribution in [0.2, 0.25) is 0 Å². The summed E-state index contributed by atoms with van der Waals surface area (Å²) in [5.41, 5.74) is 0.440. The lowest BCUT2D eigenvalue weighted by atomic mass is 10.3. The summed E-state index contributed by atoms with van der Waals surface area (Å²) < 4.78 is 9.34.